The molecule has 16 heavy (non-hydrogen) atoms. The highest BCUT2D eigenvalue weighted by molar-refractivity contribution is 5.14. The first kappa shape index (κ1) is 10.8. The lowest BCUT2D eigenvalue weighted by molar-refractivity contribution is 0.548. The van der Waals surface area contributed by atoms with Gasteiger partial charge in [0.2, 0.25) is 0 Å². The largest absolute Gasteiger partial charge is 0.305 e. The summed E-state index contributed by atoms with van der Waals surface area (Å²) < 4.78 is 1.88. The number of nitrogens with one attached hydrogen (secondary N) is 1. The Kier molecular flexibility index (Phi) is 3.31. The second kappa shape index (κ2) is 4.90. The summed E-state index contributed by atoms with van der Waals surface area (Å²) in [7, 11) is 1.95. The van der Waals surface area contributed by atoms with E-state index in [0.717, 1.165) is 6.54 Å². The van der Waals surface area contributed by atoms with E-state index >= 15 is 0 Å². The van der Waals surface area contributed by atoms with Gasteiger partial charge in [0.1, 0.15) is 0 Å². The quantitative estimate of drug-likeness (QED) is 0.845. The molecule has 0 saturated heterocycles. The van der Waals surface area contributed by atoms with Crippen LogP contribution in [0.5, 0.6) is 0 Å². The molecule has 0 fully saturated rings. The fourth-order valence-corrected chi connectivity index (χ4v) is 1.60. The summed E-state index contributed by atoms with van der Waals surface area (Å²) in [6.45, 7) is 2.96. The summed E-state index contributed by atoms with van der Waals surface area (Å²) in [5.41, 5.74) is 2.43. The van der Waals surface area contributed by atoms with Crippen molar-refractivity contribution in [1.29, 1.82) is 0 Å². The molecule has 0 aliphatic rings. The van der Waals surface area contributed by atoms with E-state index < -0.39 is 0 Å². The lowest BCUT2D eigenvalue weighted by Crippen LogP contribution is -2.19. The van der Waals surface area contributed by atoms with Crippen LogP contribution >= 0.6 is 0 Å². The van der Waals surface area contributed by atoms with Gasteiger partial charge in [0, 0.05) is 38.2 Å². The van der Waals surface area contributed by atoms with Crippen molar-refractivity contribution in [2.45, 2.75) is 19.5 Å². The molecular formula is C12H16N4. The number of rotatable bonds is 4. The summed E-state index contributed by atoms with van der Waals surface area (Å²) >= 11 is 0. The summed E-state index contributed by atoms with van der Waals surface area (Å²) in [6, 6.07) is 6.39. The smallest absolute Gasteiger partial charge is 0.0518 e. The van der Waals surface area contributed by atoms with Gasteiger partial charge in [0.15, 0.2) is 0 Å². The van der Waals surface area contributed by atoms with Crippen molar-refractivity contribution < 1.29 is 0 Å². The zero-order chi connectivity index (χ0) is 11.4. The number of nitrogens with zero attached hydrogens (tertiary/aromatic N) is 3. The second-order valence-corrected chi connectivity index (χ2v) is 3.83. The maximum Gasteiger partial charge on any atom is 0.0518 e. The third-order valence-electron chi connectivity index (χ3n) is 2.72. The average Bonchev–Trinajstić information content (AvgIpc) is 2.73. The lowest BCUT2D eigenvalue weighted by atomic mass is 10.1. The maximum absolute atomic E-state index is 4.13. The molecule has 84 valence electrons. The molecule has 2 aromatic rings. The topological polar surface area (TPSA) is 42.7 Å². The fourth-order valence-electron chi connectivity index (χ4n) is 1.60. The van der Waals surface area contributed by atoms with Gasteiger partial charge in [-0.05, 0) is 30.7 Å². The van der Waals surface area contributed by atoms with Crippen LogP contribution in [0.3, 0.4) is 0 Å². The molecule has 0 radical (unpaired) electrons. The third-order valence-corrected chi connectivity index (χ3v) is 2.72. The van der Waals surface area contributed by atoms with Crippen LogP contribution in [0.15, 0.2) is 36.8 Å². The van der Waals surface area contributed by atoms with Gasteiger partial charge in [0.05, 0.1) is 5.69 Å². The van der Waals surface area contributed by atoms with E-state index in [4.69, 9.17) is 0 Å². The van der Waals surface area contributed by atoms with Crippen LogP contribution in [-0.2, 0) is 13.6 Å². The van der Waals surface area contributed by atoms with Crippen LogP contribution in [0.2, 0.25) is 0 Å². The molecule has 1 N–H and O–H groups in total. The molecule has 0 aromatic carbocycles. The number of hydrogen-bond acceptors (Lipinski definition) is 3. The average molecular weight is 216 g/mol. The Morgan fingerprint density at radius 1 is 1.25 bits per heavy atom. The second-order valence-electron chi connectivity index (χ2n) is 3.83. The standard InChI is InChI=1S/C12H16N4/c1-10(11-3-6-13-7-4-11)14-9-12-5-8-15-16(12)2/h3-8,10,14H,9H2,1-2H3. The van der Waals surface area contributed by atoms with Crippen molar-refractivity contribution in [3.05, 3.63) is 48.0 Å². The molecule has 0 saturated carbocycles. The van der Waals surface area contributed by atoms with E-state index in [1.165, 1.54) is 11.3 Å². The van der Waals surface area contributed by atoms with Crippen molar-refractivity contribution in [1.82, 2.24) is 20.1 Å². The van der Waals surface area contributed by atoms with Gasteiger partial charge in [-0.1, -0.05) is 0 Å². The number of aromatic nitrogens is 3. The van der Waals surface area contributed by atoms with E-state index in [0.29, 0.717) is 6.04 Å². The Morgan fingerprint density at radius 3 is 2.62 bits per heavy atom. The third kappa shape index (κ3) is 2.46. The lowest BCUT2D eigenvalue weighted by Gasteiger charge is -2.13. The molecule has 0 aliphatic carbocycles. The fraction of sp³-hybridized carbons (Fsp3) is 0.333. The first-order chi connectivity index (χ1) is 7.77. The molecular weight excluding hydrogens is 200 g/mol. The van der Waals surface area contributed by atoms with Crippen molar-refractivity contribution in [2.75, 3.05) is 0 Å². The van der Waals surface area contributed by atoms with Crippen molar-refractivity contribution in [3.63, 3.8) is 0 Å². The molecule has 2 aromatic heterocycles. The summed E-state index contributed by atoms with van der Waals surface area (Å²) in [5.74, 6) is 0. The van der Waals surface area contributed by atoms with Crippen LogP contribution < -0.4 is 5.32 Å². The molecule has 0 amide bonds. The first-order valence-electron chi connectivity index (χ1n) is 5.37. The Labute approximate surface area is 95.3 Å². The molecule has 1 atom stereocenters. The Bertz CT molecular complexity index is 435. The zero-order valence-corrected chi connectivity index (χ0v) is 9.59. The van der Waals surface area contributed by atoms with Crippen LogP contribution in [0.4, 0.5) is 0 Å². The molecule has 0 aliphatic heterocycles. The maximum atomic E-state index is 4.13. The van der Waals surface area contributed by atoms with E-state index in [1.807, 2.05) is 48.5 Å². The summed E-state index contributed by atoms with van der Waals surface area (Å²) in [4.78, 5) is 4.01. The predicted molar refractivity (Wildman–Crippen MR) is 62.7 cm³/mol. The van der Waals surface area contributed by atoms with Crippen molar-refractivity contribution >= 4 is 0 Å². The zero-order valence-electron chi connectivity index (χ0n) is 9.59. The van der Waals surface area contributed by atoms with Crippen molar-refractivity contribution in [2.24, 2.45) is 7.05 Å². The van der Waals surface area contributed by atoms with E-state index in [9.17, 15) is 0 Å². The molecule has 4 nitrogen and oxygen atoms in total. The monoisotopic (exact) mass is 216 g/mol. The predicted octanol–water partition coefficient (Wildman–Crippen LogP) is 1.67. The molecule has 2 rings (SSSR count). The van der Waals surface area contributed by atoms with Gasteiger partial charge in [0.25, 0.3) is 0 Å². The minimum Gasteiger partial charge on any atom is -0.305 e. The highest BCUT2D eigenvalue weighted by Crippen LogP contribution is 2.10. The molecule has 4 heteroatoms. The van der Waals surface area contributed by atoms with Gasteiger partial charge in [-0.2, -0.15) is 5.10 Å². The van der Waals surface area contributed by atoms with Crippen LogP contribution in [0, 0.1) is 0 Å². The van der Waals surface area contributed by atoms with E-state index in [-0.39, 0.29) is 0 Å². The van der Waals surface area contributed by atoms with Gasteiger partial charge in [-0.15, -0.1) is 0 Å². The normalized spacial score (nSPS) is 12.6. The summed E-state index contributed by atoms with van der Waals surface area (Å²) in [5, 5.41) is 7.59. The van der Waals surface area contributed by atoms with Crippen LogP contribution in [0.1, 0.15) is 24.2 Å². The van der Waals surface area contributed by atoms with E-state index in [1.54, 1.807) is 0 Å². The molecule has 0 bridgehead atoms. The highest BCUT2D eigenvalue weighted by Gasteiger charge is 2.05. The van der Waals surface area contributed by atoms with Crippen LogP contribution in [-0.4, -0.2) is 14.8 Å². The SMILES string of the molecule is CC(NCc1ccnn1C)c1ccncc1. The molecule has 0 spiro atoms. The number of aryl methyl sites for hydroxylation is 1. The summed E-state index contributed by atoms with van der Waals surface area (Å²) in [6.07, 6.45) is 5.45. The number of hydrogen-bond donors (Lipinski definition) is 1. The van der Waals surface area contributed by atoms with Crippen LogP contribution in [0.25, 0.3) is 0 Å². The Morgan fingerprint density at radius 2 is 2.00 bits per heavy atom. The van der Waals surface area contributed by atoms with Gasteiger partial charge < -0.3 is 5.32 Å². The Balaban J connectivity index is 1.94. The minimum atomic E-state index is 0.318. The molecule has 1 unspecified atom stereocenters. The first-order valence-corrected chi connectivity index (χ1v) is 5.37. The molecule has 2 heterocycles. The number of pyridine rings is 1. The Hall–Kier alpha value is -1.68. The minimum absolute atomic E-state index is 0.318. The van der Waals surface area contributed by atoms with E-state index in [2.05, 4.69) is 22.3 Å². The highest BCUT2D eigenvalue weighted by atomic mass is 15.3. The van der Waals surface area contributed by atoms with Gasteiger partial charge in [-0.25, -0.2) is 0 Å². The van der Waals surface area contributed by atoms with Gasteiger partial charge >= 0.3 is 0 Å². The van der Waals surface area contributed by atoms with Crippen molar-refractivity contribution in [3.8, 4) is 0 Å². The van der Waals surface area contributed by atoms with Gasteiger partial charge in [-0.3, -0.25) is 9.67 Å².